The fourth-order valence-corrected chi connectivity index (χ4v) is 1.62. The summed E-state index contributed by atoms with van der Waals surface area (Å²) in [6, 6.07) is 0. The molecule has 1 aliphatic rings. The number of nitrogens with one attached hydrogen (secondary N) is 1. The molecule has 1 aliphatic heterocycles. The van der Waals surface area contributed by atoms with E-state index < -0.39 is 0 Å². The van der Waals surface area contributed by atoms with E-state index in [2.05, 4.69) is 17.2 Å². The monoisotopic (exact) mass is 206 g/mol. The van der Waals surface area contributed by atoms with E-state index in [1.807, 2.05) is 19.9 Å². The zero-order valence-electron chi connectivity index (χ0n) is 9.63. The van der Waals surface area contributed by atoms with Crippen molar-refractivity contribution < 1.29 is 4.79 Å². The number of carbonyl (C=O) groups is 1. The number of amidine groups is 1. The molecule has 0 bridgehead atoms. The second kappa shape index (κ2) is 5.49. The Morgan fingerprint density at radius 2 is 2.27 bits per heavy atom. The Balaban J connectivity index is 3.03. The van der Waals surface area contributed by atoms with Gasteiger partial charge < -0.3 is 5.32 Å². The lowest BCUT2D eigenvalue weighted by Crippen LogP contribution is -2.24. The Kier molecular flexibility index (Phi) is 4.28. The van der Waals surface area contributed by atoms with Crippen molar-refractivity contribution in [3.8, 4) is 0 Å². The van der Waals surface area contributed by atoms with Crippen LogP contribution in [-0.2, 0) is 4.79 Å². The van der Waals surface area contributed by atoms with Gasteiger partial charge in [0, 0.05) is 12.2 Å². The molecule has 3 nitrogen and oxygen atoms in total. The maximum atomic E-state index is 10.9. The van der Waals surface area contributed by atoms with Gasteiger partial charge in [0.2, 0.25) is 0 Å². The van der Waals surface area contributed by atoms with Gasteiger partial charge in [-0.15, -0.1) is 0 Å². The second-order valence-electron chi connectivity index (χ2n) is 3.51. The highest BCUT2D eigenvalue weighted by Gasteiger charge is 2.12. The Morgan fingerprint density at radius 1 is 1.53 bits per heavy atom. The van der Waals surface area contributed by atoms with Crippen LogP contribution < -0.4 is 5.32 Å². The summed E-state index contributed by atoms with van der Waals surface area (Å²) in [5.74, 6) is 0.702. The van der Waals surface area contributed by atoms with E-state index in [1.165, 1.54) is 5.57 Å². The molecule has 1 rings (SSSR count). The Labute approximate surface area is 91.0 Å². The highest BCUT2D eigenvalue weighted by Crippen LogP contribution is 2.16. The SMILES string of the molecule is CCN=C1NC(C)=C(CC)CC=C1C=O. The molecule has 0 radical (unpaired) electrons. The average Bonchev–Trinajstić information content (AvgIpc) is 2.38. The molecular formula is C12H18N2O. The number of rotatable bonds is 3. The summed E-state index contributed by atoms with van der Waals surface area (Å²) in [7, 11) is 0. The van der Waals surface area contributed by atoms with Crippen LogP contribution in [0.15, 0.2) is 27.9 Å². The van der Waals surface area contributed by atoms with Gasteiger partial charge in [-0.25, -0.2) is 0 Å². The van der Waals surface area contributed by atoms with Gasteiger partial charge in [-0.3, -0.25) is 9.79 Å². The Hall–Kier alpha value is -1.38. The van der Waals surface area contributed by atoms with Crippen LogP contribution in [0.1, 0.15) is 33.6 Å². The van der Waals surface area contributed by atoms with Crippen LogP contribution in [0.2, 0.25) is 0 Å². The molecule has 0 atom stereocenters. The van der Waals surface area contributed by atoms with Gasteiger partial charge in [0.25, 0.3) is 0 Å². The van der Waals surface area contributed by atoms with E-state index in [-0.39, 0.29) is 0 Å². The van der Waals surface area contributed by atoms with E-state index in [4.69, 9.17) is 0 Å². The van der Waals surface area contributed by atoms with Crippen molar-refractivity contribution in [2.24, 2.45) is 4.99 Å². The molecule has 0 fully saturated rings. The molecule has 0 amide bonds. The minimum atomic E-state index is 0.666. The normalized spacial score (nSPS) is 19.7. The molecule has 0 aromatic carbocycles. The molecule has 82 valence electrons. The van der Waals surface area contributed by atoms with Gasteiger partial charge in [-0.05, 0) is 32.3 Å². The quantitative estimate of drug-likeness (QED) is 0.719. The molecule has 1 heterocycles. The topological polar surface area (TPSA) is 41.5 Å². The van der Waals surface area contributed by atoms with Crippen molar-refractivity contribution in [1.29, 1.82) is 0 Å². The Morgan fingerprint density at radius 3 is 2.80 bits per heavy atom. The van der Waals surface area contributed by atoms with Gasteiger partial charge in [0.15, 0.2) is 6.29 Å². The fourth-order valence-electron chi connectivity index (χ4n) is 1.62. The average molecular weight is 206 g/mol. The highest BCUT2D eigenvalue weighted by atomic mass is 16.1. The molecule has 0 aromatic rings. The third kappa shape index (κ3) is 2.78. The van der Waals surface area contributed by atoms with Crippen LogP contribution in [0.3, 0.4) is 0 Å². The van der Waals surface area contributed by atoms with Gasteiger partial charge in [-0.2, -0.15) is 0 Å². The molecule has 1 N–H and O–H groups in total. The lowest BCUT2D eigenvalue weighted by atomic mass is 10.1. The van der Waals surface area contributed by atoms with E-state index in [0.717, 1.165) is 24.8 Å². The Bertz CT molecular complexity index is 338. The predicted octanol–water partition coefficient (Wildman–Crippen LogP) is 2.21. The van der Waals surface area contributed by atoms with Crippen molar-refractivity contribution in [2.75, 3.05) is 6.54 Å². The zero-order chi connectivity index (χ0) is 11.3. The molecular weight excluding hydrogens is 188 g/mol. The van der Waals surface area contributed by atoms with Crippen LogP contribution in [-0.4, -0.2) is 18.7 Å². The maximum absolute atomic E-state index is 10.9. The number of aldehydes is 1. The number of allylic oxidation sites excluding steroid dienone is 3. The largest absolute Gasteiger partial charge is 0.344 e. The first-order valence-corrected chi connectivity index (χ1v) is 5.38. The predicted molar refractivity (Wildman–Crippen MR) is 62.9 cm³/mol. The highest BCUT2D eigenvalue weighted by molar-refractivity contribution is 6.14. The summed E-state index contributed by atoms with van der Waals surface area (Å²) in [6.45, 7) is 6.80. The van der Waals surface area contributed by atoms with E-state index >= 15 is 0 Å². The summed E-state index contributed by atoms with van der Waals surface area (Å²) in [5.41, 5.74) is 3.12. The van der Waals surface area contributed by atoms with Crippen molar-refractivity contribution in [3.63, 3.8) is 0 Å². The molecule has 0 aromatic heterocycles. The third-order valence-electron chi connectivity index (χ3n) is 2.55. The first-order valence-electron chi connectivity index (χ1n) is 5.38. The summed E-state index contributed by atoms with van der Waals surface area (Å²) in [4.78, 5) is 15.2. The van der Waals surface area contributed by atoms with Crippen LogP contribution in [0.25, 0.3) is 0 Å². The minimum Gasteiger partial charge on any atom is -0.344 e. The molecule has 3 heteroatoms. The van der Waals surface area contributed by atoms with Gasteiger partial charge in [-0.1, -0.05) is 13.0 Å². The summed E-state index contributed by atoms with van der Waals surface area (Å²) >= 11 is 0. The molecule has 15 heavy (non-hydrogen) atoms. The van der Waals surface area contributed by atoms with Gasteiger partial charge in [0.1, 0.15) is 5.84 Å². The van der Waals surface area contributed by atoms with Crippen LogP contribution in [0, 0.1) is 0 Å². The van der Waals surface area contributed by atoms with Crippen molar-refractivity contribution in [2.45, 2.75) is 33.6 Å². The molecule has 0 saturated heterocycles. The van der Waals surface area contributed by atoms with E-state index in [0.29, 0.717) is 18.0 Å². The van der Waals surface area contributed by atoms with Crippen LogP contribution >= 0.6 is 0 Å². The van der Waals surface area contributed by atoms with E-state index in [1.54, 1.807) is 0 Å². The standard InChI is InChI=1S/C12H18N2O/c1-4-10-6-7-11(8-15)12(13-5-2)14-9(10)3/h7-8H,4-6H2,1-3H3,(H,13,14). The summed E-state index contributed by atoms with van der Waals surface area (Å²) in [6.07, 6.45) is 4.66. The lowest BCUT2D eigenvalue weighted by Gasteiger charge is -2.09. The smallest absolute Gasteiger partial charge is 0.153 e. The van der Waals surface area contributed by atoms with Gasteiger partial charge >= 0.3 is 0 Å². The number of hydrogen-bond donors (Lipinski definition) is 1. The summed E-state index contributed by atoms with van der Waals surface area (Å²) in [5, 5.41) is 3.21. The zero-order valence-corrected chi connectivity index (χ0v) is 9.63. The molecule has 0 aliphatic carbocycles. The first kappa shape index (κ1) is 11.7. The van der Waals surface area contributed by atoms with Crippen molar-refractivity contribution in [3.05, 3.63) is 22.9 Å². The van der Waals surface area contributed by atoms with Crippen molar-refractivity contribution >= 4 is 12.1 Å². The number of aliphatic imine (C=N–C) groups is 1. The number of hydrogen-bond acceptors (Lipinski definition) is 2. The third-order valence-corrected chi connectivity index (χ3v) is 2.55. The minimum absolute atomic E-state index is 0.666. The number of nitrogens with zero attached hydrogens (tertiary/aromatic N) is 1. The number of carbonyl (C=O) groups excluding carboxylic acids is 1. The first-order chi connectivity index (χ1) is 7.22. The fraction of sp³-hybridized carbons (Fsp3) is 0.500. The second-order valence-corrected chi connectivity index (χ2v) is 3.51. The van der Waals surface area contributed by atoms with Crippen LogP contribution in [0.4, 0.5) is 0 Å². The molecule has 0 spiro atoms. The van der Waals surface area contributed by atoms with Crippen molar-refractivity contribution in [1.82, 2.24) is 5.32 Å². The van der Waals surface area contributed by atoms with Crippen LogP contribution in [0.5, 0.6) is 0 Å². The maximum Gasteiger partial charge on any atom is 0.153 e. The lowest BCUT2D eigenvalue weighted by molar-refractivity contribution is -0.104. The van der Waals surface area contributed by atoms with Gasteiger partial charge in [0.05, 0.1) is 5.57 Å². The molecule has 0 saturated carbocycles. The summed E-state index contributed by atoms with van der Waals surface area (Å²) < 4.78 is 0. The molecule has 0 unspecified atom stereocenters. The van der Waals surface area contributed by atoms with E-state index in [9.17, 15) is 4.79 Å².